The number of benzene rings is 2. The average molecular weight is 309 g/mol. The van der Waals surface area contributed by atoms with Crippen molar-refractivity contribution in [1.29, 1.82) is 0 Å². The molecule has 0 spiro atoms. The van der Waals surface area contributed by atoms with Crippen LogP contribution in [0, 0.1) is 12.7 Å². The summed E-state index contributed by atoms with van der Waals surface area (Å²) < 4.78 is 19.0. The number of aryl methyl sites for hydroxylation is 3. The normalized spacial score (nSPS) is 13.3. The average Bonchev–Trinajstić information content (AvgIpc) is 3.12. The van der Waals surface area contributed by atoms with Gasteiger partial charge in [-0.3, -0.25) is 4.79 Å². The van der Waals surface area contributed by atoms with Crippen molar-refractivity contribution >= 4 is 22.6 Å². The number of hydrogen-bond donors (Lipinski definition) is 1. The fourth-order valence-corrected chi connectivity index (χ4v) is 3.25. The van der Waals surface area contributed by atoms with E-state index in [4.69, 9.17) is 4.42 Å². The minimum Gasteiger partial charge on any atom is -0.451 e. The molecule has 0 saturated heterocycles. The summed E-state index contributed by atoms with van der Waals surface area (Å²) in [6, 6.07) is 10.3. The number of nitrogens with one attached hydrogen (secondary N) is 1. The summed E-state index contributed by atoms with van der Waals surface area (Å²) in [5.74, 6) is -0.421. The number of rotatable bonds is 2. The number of carbonyl (C=O) groups is 1. The Morgan fingerprint density at radius 3 is 2.83 bits per heavy atom. The van der Waals surface area contributed by atoms with Crippen molar-refractivity contribution in [2.45, 2.75) is 26.2 Å². The molecular weight excluding hydrogens is 293 g/mol. The number of amides is 1. The monoisotopic (exact) mass is 309 g/mol. The van der Waals surface area contributed by atoms with E-state index in [1.807, 2.05) is 12.1 Å². The van der Waals surface area contributed by atoms with Crippen molar-refractivity contribution in [2.75, 3.05) is 5.32 Å². The Kier molecular flexibility index (Phi) is 3.18. The minimum absolute atomic E-state index is 0.228. The first-order chi connectivity index (χ1) is 11.1. The molecule has 0 atom stereocenters. The third-order valence-electron chi connectivity index (χ3n) is 4.46. The molecule has 0 aliphatic heterocycles. The van der Waals surface area contributed by atoms with Gasteiger partial charge in [0.05, 0.1) is 0 Å². The van der Waals surface area contributed by atoms with Gasteiger partial charge in [-0.15, -0.1) is 0 Å². The molecule has 0 bridgehead atoms. The molecule has 1 heterocycles. The van der Waals surface area contributed by atoms with E-state index in [0.29, 0.717) is 16.5 Å². The van der Waals surface area contributed by atoms with Gasteiger partial charge in [-0.25, -0.2) is 4.39 Å². The maximum Gasteiger partial charge on any atom is 0.291 e. The van der Waals surface area contributed by atoms with Crippen molar-refractivity contribution in [1.82, 2.24) is 0 Å². The SMILES string of the molecule is Cc1c(C(=O)Nc2ccc3c(c2)CCC3)oc2ccc(F)cc12. The van der Waals surface area contributed by atoms with E-state index in [1.54, 1.807) is 13.0 Å². The quantitative estimate of drug-likeness (QED) is 0.750. The molecule has 0 fully saturated rings. The topological polar surface area (TPSA) is 42.2 Å². The van der Waals surface area contributed by atoms with Gasteiger partial charge in [0.25, 0.3) is 5.91 Å². The van der Waals surface area contributed by atoms with E-state index in [0.717, 1.165) is 18.5 Å². The second kappa shape index (κ2) is 5.23. The lowest BCUT2D eigenvalue weighted by Crippen LogP contribution is -2.12. The highest BCUT2D eigenvalue weighted by Gasteiger charge is 2.19. The number of hydrogen-bond acceptors (Lipinski definition) is 2. The predicted octanol–water partition coefficient (Wildman–Crippen LogP) is 4.62. The summed E-state index contributed by atoms with van der Waals surface area (Å²) in [7, 11) is 0. The standard InChI is InChI=1S/C19H16FNO2/c1-11-16-10-14(20)6-8-17(16)23-18(11)19(22)21-15-7-5-12-3-2-4-13(12)9-15/h5-10H,2-4H2,1H3,(H,21,22). The highest BCUT2D eigenvalue weighted by atomic mass is 19.1. The fraction of sp³-hybridized carbons (Fsp3) is 0.211. The molecule has 4 rings (SSSR count). The van der Waals surface area contributed by atoms with Gasteiger partial charge in [-0.2, -0.15) is 0 Å². The minimum atomic E-state index is -0.341. The van der Waals surface area contributed by atoms with Crippen LogP contribution < -0.4 is 5.32 Å². The zero-order chi connectivity index (χ0) is 16.0. The first-order valence-electron chi connectivity index (χ1n) is 7.73. The third-order valence-corrected chi connectivity index (χ3v) is 4.46. The zero-order valence-electron chi connectivity index (χ0n) is 12.8. The van der Waals surface area contributed by atoms with Crippen LogP contribution in [0.2, 0.25) is 0 Å². The molecule has 3 aromatic rings. The predicted molar refractivity (Wildman–Crippen MR) is 87.3 cm³/mol. The van der Waals surface area contributed by atoms with Crippen LogP contribution in [0.25, 0.3) is 11.0 Å². The summed E-state index contributed by atoms with van der Waals surface area (Å²) >= 11 is 0. The molecular formula is C19H16FNO2. The van der Waals surface area contributed by atoms with Gasteiger partial charge >= 0.3 is 0 Å². The lowest BCUT2D eigenvalue weighted by molar-refractivity contribution is 0.0998. The van der Waals surface area contributed by atoms with E-state index in [9.17, 15) is 9.18 Å². The summed E-state index contributed by atoms with van der Waals surface area (Å²) in [4.78, 5) is 12.5. The van der Waals surface area contributed by atoms with Gasteiger partial charge < -0.3 is 9.73 Å². The van der Waals surface area contributed by atoms with Crippen molar-refractivity contribution in [2.24, 2.45) is 0 Å². The lowest BCUT2D eigenvalue weighted by atomic mass is 10.1. The molecule has 1 N–H and O–H groups in total. The Morgan fingerprint density at radius 2 is 1.96 bits per heavy atom. The summed E-state index contributed by atoms with van der Waals surface area (Å²) in [5, 5.41) is 3.51. The van der Waals surface area contributed by atoms with Crippen LogP contribution in [0.1, 0.15) is 33.7 Å². The number of carbonyl (C=O) groups excluding carboxylic acids is 1. The second-order valence-corrected chi connectivity index (χ2v) is 5.99. The van der Waals surface area contributed by atoms with E-state index >= 15 is 0 Å². The molecule has 0 radical (unpaired) electrons. The first-order valence-corrected chi connectivity index (χ1v) is 7.73. The largest absolute Gasteiger partial charge is 0.451 e. The van der Waals surface area contributed by atoms with Crippen molar-refractivity contribution in [3.63, 3.8) is 0 Å². The maximum atomic E-state index is 13.4. The van der Waals surface area contributed by atoms with Crippen LogP contribution in [0.5, 0.6) is 0 Å². The van der Waals surface area contributed by atoms with Crippen molar-refractivity contribution < 1.29 is 13.6 Å². The lowest BCUT2D eigenvalue weighted by Gasteiger charge is -2.06. The van der Waals surface area contributed by atoms with E-state index < -0.39 is 0 Å². The van der Waals surface area contributed by atoms with Gasteiger partial charge in [0.1, 0.15) is 11.4 Å². The van der Waals surface area contributed by atoms with Gasteiger partial charge in [-0.1, -0.05) is 6.07 Å². The van der Waals surface area contributed by atoms with Gasteiger partial charge in [0, 0.05) is 16.6 Å². The highest BCUT2D eigenvalue weighted by Crippen LogP contribution is 2.28. The van der Waals surface area contributed by atoms with Crippen LogP contribution in [-0.2, 0) is 12.8 Å². The Hall–Kier alpha value is -2.62. The molecule has 4 heteroatoms. The van der Waals surface area contributed by atoms with E-state index in [2.05, 4.69) is 11.4 Å². The zero-order valence-corrected chi connectivity index (χ0v) is 12.8. The Balaban J connectivity index is 1.65. The molecule has 1 amide bonds. The smallest absolute Gasteiger partial charge is 0.291 e. The summed E-state index contributed by atoms with van der Waals surface area (Å²) in [6.07, 6.45) is 3.33. The molecule has 0 unspecified atom stereocenters. The summed E-state index contributed by atoms with van der Waals surface area (Å²) in [6.45, 7) is 1.77. The van der Waals surface area contributed by atoms with Gasteiger partial charge in [-0.05, 0) is 67.6 Å². The first kappa shape index (κ1) is 14.0. The second-order valence-electron chi connectivity index (χ2n) is 5.99. The molecule has 23 heavy (non-hydrogen) atoms. The molecule has 1 aliphatic carbocycles. The Labute approximate surface area is 133 Å². The third kappa shape index (κ3) is 2.40. The van der Waals surface area contributed by atoms with Crippen LogP contribution in [0.4, 0.5) is 10.1 Å². The molecule has 3 nitrogen and oxygen atoms in total. The maximum absolute atomic E-state index is 13.4. The molecule has 116 valence electrons. The number of halogens is 1. The van der Waals surface area contributed by atoms with Crippen LogP contribution in [-0.4, -0.2) is 5.91 Å². The number of anilines is 1. The van der Waals surface area contributed by atoms with Crippen molar-refractivity contribution in [3.05, 3.63) is 64.7 Å². The fourth-order valence-electron chi connectivity index (χ4n) is 3.25. The molecule has 1 aliphatic rings. The van der Waals surface area contributed by atoms with Crippen LogP contribution >= 0.6 is 0 Å². The van der Waals surface area contributed by atoms with Crippen LogP contribution in [0.15, 0.2) is 40.8 Å². The van der Waals surface area contributed by atoms with Gasteiger partial charge in [0.2, 0.25) is 0 Å². The number of fused-ring (bicyclic) bond motifs is 2. The molecule has 0 saturated carbocycles. The van der Waals surface area contributed by atoms with E-state index in [1.165, 1.54) is 29.7 Å². The summed E-state index contributed by atoms with van der Waals surface area (Å²) in [5.41, 5.74) is 4.59. The molecule has 2 aromatic carbocycles. The number of furan rings is 1. The Bertz CT molecular complexity index is 927. The van der Waals surface area contributed by atoms with Crippen molar-refractivity contribution in [3.8, 4) is 0 Å². The Morgan fingerprint density at radius 1 is 1.13 bits per heavy atom. The van der Waals surface area contributed by atoms with E-state index in [-0.39, 0.29) is 17.5 Å². The molecule has 1 aromatic heterocycles. The van der Waals surface area contributed by atoms with Gasteiger partial charge in [0.15, 0.2) is 5.76 Å². The highest BCUT2D eigenvalue weighted by molar-refractivity contribution is 6.06. The van der Waals surface area contributed by atoms with Crippen LogP contribution in [0.3, 0.4) is 0 Å².